The minimum absolute atomic E-state index is 0.00961. The fraction of sp³-hybridized carbons (Fsp3) is 0.737. The second-order valence-corrected chi connectivity index (χ2v) is 7.66. The van der Waals surface area contributed by atoms with E-state index in [4.69, 9.17) is 0 Å². The van der Waals surface area contributed by atoms with Gasteiger partial charge in [-0.05, 0) is 31.4 Å². The molecule has 3 nitrogen and oxygen atoms in total. The fourth-order valence-electron chi connectivity index (χ4n) is 2.55. The van der Waals surface area contributed by atoms with Gasteiger partial charge in [0.25, 0.3) is 5.56 Å². The highest BCUT2D eigenvalue weighted by Crippen LogP contribution is 2.22. The van der Waals surface area contributed by atoms with Crippen molar-refractivity contribution in [3.63, 3.8) is 0 Å². The van der Waals surface area contributed by atoms with Gasteiger partial charge in [-0.3, -0.25) is 4.79 Å². The van der Waals surface area contributed by atoms with Crippen molar-refractivity contribution in [1.29, 1.82) is 0 Å². The molecule has 1 heterocycles. The van der Waals surface area contributed by atoms with Crippen LogP contribution in [0.4, 0.5) is 0 Å². The van der Waals surface area contributed by atoms with Crippen molar-refractivity contribution in [2.24, 2.45) is 5.92 Å². The second kappa shape index (κ2) is 8.52. The van der Waals surface area contributed by atoms with E-state index in [0.717, 1.165) is 37.2 Å². The van der Waals surface area contributed by atoms with Crippen LogP contribution in [-0.2, 0) is 18.5 Å². The smallest absolute Gasteiger partial charge is 0.255 e. The highest BCUT2D eigenvalue weighted by molar-refractivity contribution is 5.21. The van der Waals surface area contributed by atoms with Crippen LogP contribution < -0.4 is 10.9 Å². The van der Waals surface area contributed by atoms with Gasteiger partial charge in [-0.1, -0.05) is 54.0 Å². The van der Waals surface area contributed by atoms with Crippen molar-refractivity contribution in [2.45, 2.75) is 79.3 Å². The molecule has 0 fully saturated rings. The van der Waals surface area contributed by atoms with Crippen molar-refractivity contribution >= 4 is 0 Å². The molecule has 1 aromatic rings. The van der Waals surface area contributed by atoms with E-state index < -0.39 is 0 Å². The molecule has 0 saturated carbocycles. The third-order valence-electron chi connectivity index (χ3n) is 3.97. The summed E-state index contributed by atoms with van der Waals surface area (Å²) in [6.07, 6.45) is 3.37. The van der Waals surface area contributed by atoms with Crippen LogP contribution >= 0.6 is 0 Å². The number of pyridine rings is 1. The Hall–Kier alpha value is -1.09. The Labute approximate surface area is 136 Å². The third-order valence-corrected chi connectivity index (χ3v) is 3.97. The zero-order valence-corrected chi connectivity index (χ0v) is 15.3. The molecule has 1 aromatic heterocycles. The molecule has 0 amide bonds. The molecule has 1 N–H and O–H groups in total. The van der Waals surface area contributed by atoms with Crippen LogP contribution in [0.2, 0.25) is 0 Å². The Morgan fingerprint density at radius 3 is 2.45 bits per heavy atom. The van der Waals surface area contributed by atoms with Crippen molar-refractivity contribution < 1.29 is 0 Å². The van der Waals surface area contributed by atoms with Gasteiger partial charge in [0.1, 0.15) is 0 Å². The Balaban J connectivity index is 3.03. The van der Waals surface area contributed by atoms with E-state index in [1.165, 1.54) is 6.42 Å². The number of unbranched alkanes of at least 4 members (excludes halogenated alkanes) is 1. The quantitative estimate of drug-likeness (QED) is 0.734. The number of nitrogens with zero attached hydrogens (tertiary/aromatic N) is 1. The Morgan fingerprint density at radius 2 is 1.91 bits per heavy atom. The summed E-state index contributed by atoms with van der Waals surface area (Å²) in [7, 11) is 0. The second-order valence-electron chi connectivity index (χ2n) is 7.66. The van der Waals surface area contributed by atoms with Crippen molar-refractivity contribution in [1.82, 2.24) is 9.88 Å². The predicted octanol–water partition coefficient (Wildman–Crippen LogP) is 4.08. The lowest BCUT2D eigenvalue weighted by Gasteiger charge is -2.25. The van der Waals surface area contributed by atoms with E-state index in [-0.39, 0.29) is 11.0 Å². The molecule has 0 bridgehead atoms. The molecule has 1 rings (SSSR count). The number of hydrogen-bond acceptors (Lipinski definition) is 2. The van der Waals surface area contributed by atoms with E-state index in [1.54, 1.807) is 0 Å². The van der Waals surface area contributed by atoms with E-state index in [0.29, 0.717) is 12.5 Å². The first-order valence-electron chi connectivity index (χ1n) is 8.71. The van der Waals surface area contributed by atoms with Gasteiger partial charge in [0.2, 0.25) is 0 Å². The first kappa shape index (κ1) is 19.0. The molecule has 0 aliphatic carbocycles. The first-order chi connectivity index (χ1) is 10.3. The van der Waals surface area contributed by atoms with Crippen LogP contribution in [0.3, 0.4) is 0 Å². The van der Waals surface area contributed by atoms with E-state index in [9.17, 15) is 4.79 Å². The minimum Gasteiger partial charge on any atom is -0.312 e. The SMILES string of the molecule is CCCCNCc1ccc(C(C)(C)C)n(CCC(C)C)c1=O. The summed E-state index contributed by atoms with van der Waals surface area (Å²) < 4.78 is 2.00. The Morgan fingerprint density at radius 1 is 1.23 bits per heavy atom. The summed E-state index contributed by atoms with van der Waals surface area (Å²) >= 11 is 0. The average Bonchev–Trinajstić information content (AvgIpc) is 2.42. The average molecular weight is 306 g/mol. The van der Waals surface area contributed by atoms with Crippen LogP contribution in [0.5, 0.6) is 0 Å². The monoisotopic (exact) mass is 306 g/mol. The highest BCUT2D eigenvalue weighted by Gasteiger charge is 2.20. The Bertz CT molecular complexity index is 509. The molecule has 0 aliphatic rings. The third kappa shape index (κ3) is 5.60. The molecule has 0 atom stereocenters. The van der Waals surface area contributed by atoms with Crippen molar-refractivity contribution in [2.75, 3.05) is 6.54 Å². The zero-order chi connectivity index (χ0) is 16.8. The van der Waals surface area contributed by atoms with E-state index >= 15 is 0 Å². The molecule has 0 aliphatic heterocycles. The first-order valence-corrected chi connectivity index (χ1v) is 8.71. The topological polar surface area (TPSA) is 34.0 Å². The molecule has 0 aromatic carbocycles. The zero-order valence-electron chi connectivity index (χ0n) is 15.3. The summed E-state index contributed by atoms with van der Waals surface area (Å²) in [6, 6.07) is 4.15. The fourth-order valence-corrected chi connectivity index (χ4v) is 2.55. The van der Waals surface area contributed by atoms with Gasteiger partial charge in [0.15, 0.2) is 0 Å². The lowest BCUT2D eigenvalue weighted by molar-refractivity contribution is 0.452. The van der Waals surface area contributed by atoms with Gasteiger partial charge in [-0.15, -0.1) is 0 Å². The van der Waals surface area contributed by atoms with Gasteiger partial charge >= 0.3 is 0 Å². The molecule has 0 saturated heterocycles. The van der Waals surface area contributed by atoms with Crippen LogP contribution in [0.1, 0.15) is 72.1 Å². The van der Waals surface area contributed by atoms with Gasteiger partial charge in [0.05, 0.1) is 0 Å². The number of nitrogens with one attached hydrogen (secondary N) is 1. The van der Waals surface area contributed by atoms with Gasteiger partial charge in [-0.25, -0.2) is 0 Å². The molecule has 0 unspecified atom stereocenters. The molecular weight excluding hydrogens is 272 g/mol. The van der Waals surface area contributed by atoms with Gasteiger partial charge in [0, 0.05) is 29.8 Å². The number of aromatic nitrogens is 1. The largest absolute Gasteiger partial charge is 0.312 e. The van der Waals surface area contributed by atoms with E-state index in [1.807, 2.05) is 10.6 Å². The van der Waals surface area contributed by atoms with Crippen LogP contribution in [-0.4, -0.2) is 11.1 Å². The standard InChI is InChI=1S/C19H34N2O/c1-7-8-12-20-14-16-9-10-17(19(4,5)6)21(18(16)22)13-11-15(2)3/h9-10,15,20H,7-8,11-14H2,1-6H3. The minimum atomic E-state index is -0.00961. The van der Waals surface area contributed by atoms with Crippen LogP contribution in [0.25, 0.3) is 0 Å². The highest BCUT2D eigenvalue weighted by atomic mass is 16.1. The van der Waals surface area contributed by atoms with Gasteiger partial charge in [-0.2, -0.15) is 0 Å². The maximum absolute atomic E-state index is 12.8. The van der Waals surface area contributed by atoms with E-state index in [2.05, 4.69) is 52.9 Å². The molecule has 3 heteroatoms. The maximum atomic E-state index is 12.8. The number of rotatable bonds is 8. The normalized spacial score (nSPS) is 12.1. The molecular formula is C19H34N2O. The predicted molar refractivity (Wildman–Crippen MR) is 95.5 cm³/mol. The Kier molecular flexibility index (Phi) is 7.34. The number of hydrogen-bond donors (Lipinski definition) is 1. The summed E-state index contributed by atoms with van der Waals surface area (Å²) in [5.74, 6) is 0.603. The molecule has 0 spiro atoms. The molecule has 126 valence electrons. The summed E-state index contributed by atoms with van der Waals surface area (Å²) in [6.45, 7) is 15.6. The molecule has 22 heavy (non-hydrogen) atoms. The molecule has 0 radical (unpaired) electrons. The maximum Gasteiger partial charge on any atom is 0.255 e. The lowest BCUT2D eigenvalue weighted by Crippen LogP contribution is -2.33. The van der Waals surface area contributed by atoms with Crippen LogP contribution in [0, 0.1) is 5.92 Å². The summed E-state index contributed by atoms with van der Waals surface area (Å²) in [5, 5.41) is 3.38. The van der Waals surface area contributed by atoms with Gasteiger partial charge < -0.3 is 9.88 Å². The summed E-state index contributed by atoms with van der Waals surface area (Å²) in [4.78, 5) is 12.8. The van der Waals surface area contributed by atoms with Crippen LogP contribution in [0.15, 0.2) is 16.9 Å². The van der Waals surface area contributed by atoms with Crippen molar-refractivity contribution in [3.8, 4) is 0 Å². The lowest BCUT2D eigenvalue weighted by atomic mass is 9.90. The van der Waals surface area contributed by atoms with Crippen molar-refractivity contribution in [3.05, 3.63) is 33.7 Å². The summed E-state index contributed by atoms with van der Waals surface area (Å²) in [5.41, 5.74) is 2.19.